The standard InChI is InChI=1S/C20H17NO3/c1-13-11-17(20(23)24-2)9-10-18(13)21-19(22)16-8-7-14-5-3-4-6-15(14)12-16/h3-12H,1-2H3,(H,21,22). The van der Waals surface area contributed by atoms with E-state index in [1.807, 2.05) is 43.3 Å². The third-order valence-electron chi connectivity index (χ3n) is 3.91. The van der Waals surface area contributed by atoms with Crippen molar-refractivity contribution in [2.45, 2.75) is 6.92 Å². The van der Waals surface area contributed by atoms with Gasteiger partial charge in [-0.3, -0.25) is 4.79 Å². The first kappa shape index (κ1) is 15.7. The number of hydrogen-bond acceptors (Lipinski definition) is 3. The minimum absolute atomic E-state index is 0.185. The molecule has 0 aliphatic rings. The van der Waals surface area contributed by atoms with Crippen molar-refractivity contribution in [3.63, 3.8) is 0 Å². The number of rotatable bonds is 3. The second kappa shape index (κ2) is 6.54. The molecule has 1 amide bonds. The number of nitrogens with one attached hydrogen (secondary N) is 1. The number of carbonyl (C=O) groups is 2. The number of aryl methyl sites for hydroxylation is 1. The maximum absolute atomic E-state index is 12.5. The molecule has 4 nitrogen and oxygen atoms in total. The summed E-state index contributed by atoms with van der Waals surface area (Å²) < 4.78 is 4.70. The highest BCUT2D eigenvalue weighted by Gasteiger charge is 2.11. The number of amides is 1. The molecule has 0 fully saturated rings. The largest absolute Gasteiger partial charge is 0.465 e. The molecule has 0 saturated carbocycles. The van der Waals surface area contributed by atoms with Gasteiger partial charge in [-0.2, -0.15) is 0 Å². The molecule has 3 aromatic carbocycles. The summed E-state index contributed by atoms with van der Waals surface area (Å²) in [5.41, 5.74) is 2.51. The third-order valence-corrected chi connectivity index (χ3v) is 3.91. The van der Waals surface area contributed by atoms with Gasteiger partial charge in [0.05, 0.1) is 12.7 Å². The molecule has 24 heavy (non-hydrogen) atoms. The summed E-state index contributed by atoms with van der Waals surface area (Å²) in [7, 11) is 1.34. The van der Waals surface area contributed by atoms with Crippen LogP contribution >= 0.6 is 0 Å². The van der Waals surface area contributed by atoms with Crippen molar-refractivity contribution in [3.8, 4) is 0 Å². The Kier molecular flexibility index (Phi) is 4.29. The molecule has 3 aromatic rings. The number of benzene rings is 3. The van der Waals surface area contributed by atoms with E-state index in [-0.39, 0.29) is 5.91 Å². The molecule has 0 aromatic heterocycles. The monoisotopic (exact) mass is 319 g/mol. The van der Waals surface area contributed by atoms with Crippen LogP contribution in [-0.4, -0.2) is 19.0 Å². The van der Waals surface area contributed by atoms with Gasteiger partial charge in [-0.05, 0) is 53.6 Å². The minimum atomic E-state index is -0.398. The molecule has 0 atom stereocenters. The topological polar surface area (TPSA) is 55.4 Å². The Balaban J connectivity index is 1.84. The second-order valence-corrected chi connectivity index (χ2v) is 5.54. The summed E-state index contributed by atoms with van der Waals surface area (Å²) in [5, 5.41) is 4.99. The Morgan fingerprint density at radius 3 is 2.29 bits per heavy atom. The highest BCUT2D eigenvalue weighted by atomic mass is 16.5. The lowest BCUT2D eigenvalue weighted by Crippen LogP contribution is -2.13. The molecule has 1 N–H and O–H groups in total. The van der Waals surface area contributed by atoms with Gasteiger partial charge in [0.15, 0.2) is 0 Å². The molecule has 0 spiro atoms. The number of fused-ring (bicyclic) bond motifs is 1. The number of methoxy groups -OCH3 is 1. The zero-order valence-corrected chi connectivity index (χ0v) is 13.5. The number of anilines is 1. The summed E-state index contributed by atoms with van der Waals surface area (Å²) in [4.78, 5) is 24.0. The Morgan fingerprint density at radius 2 is 1.58 bits per heavy atom. The van der Waals surface area contributed by atoms with Crippen LogP contribution in [0.2, 0.25) is 0 Å². The van der Waals surface area contributed by atoms with E-state index in [2.05, 4.69) is 5.32 Å². The third kappa shape index (κ3) is 3.13. The van der Waals surface area contributed by atoms with Crippen LogP contribution in [0.4, 0.5) is 5.69 Å². The number of esters is 1. The van der Waals surface area contributed by atoms with Gasteiger partial charge in [0.1, 0.15) is 0 Å². The van der Waals surface area contributed by atoms with E-state index in [0.717, 1.165) is 16.3 Å². The zero-order valence-electron chi connectivity index (χ0n) is 13.5. The van der Waals surface area contributed by atoms with Crippen molar-refractivity contribution in [3.05, 3.63) is 77.4 Å². The van der Waals surface area contributed by atoms with Gasteiger partial charge in [-0.1, -0.05) is 30.3 Å². The lowest BCUT2D eigenvalue weighted by atomic mass is 10.1. The second-order valence-electron chi connectivity index (χ2n) is 5.54. The number of ether oxygens (including phenoxy) is 1. The van der Waals surface area contributed by atoms with Gasteiger partial charge in [-0.25, -0.2) is 4.79 Å². The van der Waals surface area contributed by atoms with E-state index in [9.17, 15) is 9.59 Å². The Hall–Kier alpha value is -3.14. The summed E-state index contributed by atoms with van der Waals surface area (Å²) in [6, 6.07) is 18.5. The fourth-order valence-corrected chi connectivity index (χ4v) is 2.57. The van der Waals surface area contributed by atoms with Crippen LogP contribution in [0.5, 0.6) is 0 Å². The number of carbonyl (C=O) groups excluding carboxylic acids is 2. The van der Waals surface area contributed by atoms with E-state index < -0.39 is 5.97 Å². The summed E-state index contributed by atoms with van der Waals surface area (Å²) in [6.07, 6.45) is 0. The predicted molar refractivity (Wildman–Crippen MR) is 94.4 cm³/mol. The maximum atomic E-state index is 12.5. The van der Waals surface area contributed by atoms with Crippen molar-refractivity contribution in [1.29, 1.82) is 0 Å². The zero-order chi connectivity index (χ0) is 17.1. The van der Waals surface area contributed by atoms with Gasteiger partial charge >= 0.3 is 5.97 Å². The molecule has 120 valence electrons. The summed E-state index contributed by atoms with van der Waals surface area (Å²) in [6.45, 7) is 1.84. The Bertz CT molecular complexity index is 931. The van der Waals surface area contributed by atoms with Crippen molar-refractivity contribution in [1.82, 2.24) is 0 Å². The Morgan fingerprint density at radius 1 is 0.875 bits per heavy atom. The molecule has 0 aliphatic carbocycles. The predicted octanol–water partition coefficient (Wildman–Crippen LogP) is 4.19. The van der Waals surface area contributed by atoms with Crippen LogP contribution in [0, 0.1) is 6.92 Å². The first-order chi connectivity index (χ1) is 11.6. The van der Waals surface area contributed by atoms with Crippen LogP contribution in [-0.2, 0) is 4.74 Å². The molecular formula is C20H17NO3. The van der Waals surface area contributed by atoms with Crippen LogP contribution in [0.15, 0.2) is 60.7 Å². The molecule has 0 saturated heterocycles. The SMILES string of the molecule is COC(=O)c1ccc(NC(=O)c2ccc3ccccc3c2)c(C)c1. The van der Waals surface area contributed by atoms with Crippen molar-refractivity contribution >= 4 is 28.3 Å². The Labute approximate surface area is 140 Å². The molecule has 0 aliphatic heterocycles. The van der Waals surface area contributed by atoms with Crippen molar-refractivity contribution < 1.29 is 14.3 Å². The average Bonchev–Trinajstić information content (AvgIpc) is 2.62. The molecule has 0 unspecified atom stereocenters. The minimum Gasteiger partial charge on any atom is -0.465 e. The fraction of sp³-hybridized carbons (Fsp3) is 0.100. The molecular weight excluding hydrogens is 302 g/mol. The van der Waals surface area contributed by atoms with Gasteiger partial charge < -0.3 is 10.1 Å². The fourth-order valence-electron chi connectivity index (χ4n) is 2.57. The first-order valence-corrected chi connectivity index (χ1v) is 7.57. The van der Waals surface area contributed by atoms with Gasteiger partial charge in [0.25, 0.3) is 5.91 Å². The van der Waals surface area contributed by atoms with Gasteiger partial charge in [0.2, 0.25) is 0 Å². The van der Waals surface area contributed by atoms with Crippen molar-refractivity contribution in [2.24, 2.45) is 0 Å². The summed E-state index contributed by atoms with van der Waals surface area (Å²) >= 11 is 0. The lowest BCUT2D eigenvalue weighted by Gasteiger charge is -2.10. The quantitative estimate of drug-likeness (QED) is 0.737. The molecule has 3 rings (SSSR count). The highest BCUT2D eigenvalue weighted by molar-refractivity contribution is 6.07. The van der Waals surface area contributed by atoms with Crippen LogP contribution in [0.3, 0.4) is 0 Å². The molecule has 0 heterocycles. The van der Waals surface area contributed by atoms with Crippen LogP contribution < -0.4 is 5.32 Å². The van der Waals surface area contributed by atoms with E-state index in [1.165, 1.54) is 7.11 Å². The van der Waals surface area contributed by atoms with Crippen LogP contribution in [0.1, 0.15) is 26.3 Å². The van der Waals surface area contributed by atoms with Gasteiger partial charge in [-0.15, -0.1) is 0 Å². The maximum Gasteiger partial charge on any atom is 0.337 e. The normalized spacial score (nSPS) is 10.4. The molecule has 0 bridgehead atoms. The highest BCUT2D eigenvalue weighted by Crippen LogP contribution is 2.20. The van der Waals surface area contributed by atoms with E-state index in [1.54, 1.807) is 24.3 Å². The van der Waals surface area contributed by atoms with Gasteiger partial charge in [0, 0.05) is 11.3 Å². The van der Waals surface area contributed by atoms with E-state index >= 15 is 0 Å². The lowest BCUT2D eigenvalue weighted by molar-refractivity contribution is 0.0600. The van der Waals surface area contributed by atoms with Crippen LogP contribution in [0.25, 0.3) is 10.8 Å². The summed E-state index contributed by atoms with van der Waals surface area (Å²) in [5.74, 6) is -0.583. The number of hydrogen-bond donors (Lipinski definition) is 1. The molecule has 0 radical (unpaired) electrons. The van der Waals surface area contributed by atoms with E-state index in [0.29, 0.717) is 16.8 Å². The molecule has 4 heteroatoms. The van der Waals surface area contributed by atoms with E-state index in [4.69, 9.17) is 4.74 Å². The average molecular weight is 319 g/mol. The first-order valence-electron chi connectivity index (χ1n) is 7.57. The van der Waals surface area contributed by atoms with Crippen molar-refractivity contribution in [2.75, 3.05) is 12.4 Å². The smallest absolute Gasteiger partial charge is 0.337 e.